The second-order valence-corrected chi connectivity index (χ2v) is 4.28. The molecule has 1 atom stereocenters. The molecular weight excluding hydrogens is 158 g/mol. The number of fused-ring (bicyclic) bond motifs is 1. The van der Waals surface area contributed by atoms with Crippen LogP contribution in [0.15, 0.2) is 18.3 Å². The van der Waals surface area contributed by atoms with Crippen LogP contribution in [0.1, 0.15) is 43.9 Å². The summed E-state index contributed by atoms with van der Waals surface area (Å²) in [5.74, 6) is 1.50. The number of hydrogen-bond acceptors (Lipinski definition) is 1. The van der Waals surface area contributed by atoms with E-state index in [1.807, 2.05) is 6.20 Å². The highest BCUT2D eigenvalue weighted by Crippen LogP contribution is 2.35. The Morgan fingerprint density at radius 1 is 1.46 bits per heavy atom. The zero-order valence-corrected chi connectivity index (χ0v) is 8.46. The summed E-state index contributed by atoms with van der Waals surface area (Å²) in [4.78, 5) is 4.45. The van der Waals surface area contributed by atoms with Crippen LogP contribution in [0.3, 0.4) is 0 Å². The Kier molecular flexibility index (Phi) is 2.34. The van der Waals surface area contributed by atoms with Gasteiger partial charge in [-0.3, -0.25) is 4.98 Å². The minimum Gasteiger partial charge on any atom is -0.261 e. The van der Waals surface area contributed by atoms with Crippen LogP contribution in [0, 0.1) is 5.92 Å². The molecule has 0 radical (unpaired) electrons. The number of rotatable bonds is 1. The first-order chi connectivity index (χ1) is 6.29. The standard InChI is InChI=1S/C12H17N/c1-9(2)10-5-3-7-12-11(10)6-4-8-13-12/h4,6,8-10H,3,5,7H2,1-2H3/t10-/m0/s1. The van der Waals surface area contributed by atoms with Gasteiger partial charge in [-0.05, 0) is 42.7 Å². The van der Waals surface area contributed by atoms with Gasteiger partial charge >= 0.3 is 0 Å². The van der Waals surface area contributed by atoms with E-state index in [1.54, 1.807) is 0 Å². The topological polar surface area (TPSA) is 12.9 Å². The minimum atomic E-state index is 0.748. The van der Waals surface area contributed by atoms with Crippen LogP contribution in [0.25, 0.3) is 0 Å². The number of pyridine rings is 1. The lowest BCUT2D eigenvalue weighted by Crippen LogP contribution is -2.15. The van der Waals surface area contributed by atoms with Gasteiger partial charge in [0.15, 0.2) is 0 Å². The highest BCUT2D eigenvalue weighted by atomic mass is 14.7. The summed E-state index contributed by atoms with van der Waals surface area (Å²) in [5, 5.41) is 0. The minimum absolute atomic E-state index is 0.748. The third kappa shape index (κ3) is 1.60. The van der Waals surface area contributed by atoms with Crippen molar-refractivity contribution in [1.29, 1.82) is 0 Å². The summed E-state index contributed by atoms with van der Waals surface area (Å²) < 4.78 is 0. The zero-order chi connectivity index (χ0) is 9.26. The van der Waals surface area contributed by atoms with Gasteiger partial charge < -0.3 is 0 Å². The molecule has 1 aliphatic carbocycles. The van der Waals surface area contributed by atoms with Gasteiger partial charge in [-0.2, -0.15) is 0 Å². The molecule has 0 amide bonds. The van der Waals surface area contributed by atoms with Gasteiger partial charge in [0.25, 0.3) is 0 Å². The maximum Gasteiger partial charge on any atom is 0.0438 e. The van der Waals surface area contributed by atoms with Crippen LogP contribution in [0.4, 0.5) is 0 Å². The first-order valence-electron chi connectivity index (χ1n) is 5.23. The van der Waals surface area contributed by atoms with E-state index < -0.39 is 0 Å². The van der Waals surface area contributed by atoms with Crippen molar-refractivity contribution in [2.45, 2.75) is 39.0 Å². The Hall–Kier alpha value is -0.850. The van der Waals surface area contributed by atoms with Crippen molar-refractivity contribution < 1.29 is 0 Å². The molecule has 0 bridgehead atoms. The van der Waals surface area contributed by atoms with Crippen molar-refractivity contribution >= 4 is 0 Å². The first-order valence-corrected chi connectivity index (χ1v) is 5.23. The molecule has 1 aromatic rings. The maximum atomic E-state index is 4.45. The average molecular weight is 175 g/mol. The fourth-order valence-corrected chi connectivity index (χ4v) is 2.33. The van der Waals surface area contributed by atoms with Gasteiger partial charge in [-0.1, -0.05) is 19.9 Å². The SMILES string of the molecule is CC(C)[C@@H]1CCCc2ncccc21. The Morgan fingerprint density at radius 2 is 2.31 bits per heavy atom. The smallest absolute Gasteiger partial charge is 0.0438 e. The lowest BCUT2D eigenvalue weighted by atomic mass is 9.79. The molecular formula is C12H17N. The summed E-state index contributed by atoms with van der Waals surface area (Å²) in [6.45, 7) is 4.62. The highest BCUT2D eigenvalue weighted by Gasteiger charge is 2.22. The van der Waals surface area contributed by atoms with E-state index in [0.29, 0.717) is 0 Å². The van der Waals surface area contributed by atoms with E-state index in [1.165, 1.54) is 30.5 Å². The summed E-state index contributed by atoms with van der Waals surface area (Å²) in [6.07, 6.45) is 5.75. The van der Waals surface area contributed by atoms with E-state index >= 15 is 0 Å². The largest absolute Gasteiger partial charge is 0.261 e. The van der Waals surface area contributed by atoms with Gasteiger partial charge in [0.05, 0.1) is 0 Å². The van der Waals surface area contributed by atoms with E-state index in [0.717, 1.165) is 11.8 Å². The summed E-state index contributed by atoms with van der Waals surface area (Å²) >= 11 is 0. The van der Waals surface area contributed by atoms with E-state index in [4.69, 9.17) is 0 Å². The number of nitrogens with zero attached hydrogens (tertiary/aromatic N) is 1. The van der Waals surface area contributed by atoms with Gasteiger partial charge in [-0.15, -0.1) is 0 Å². The third-order valence-electron chi connectivity index (χ3n) is 3.06. The molecule has 0 N–H and O–H groups in total. The molecule has 0 unspecified atom stereocenters. The monoisotopic (exact) mass is 175 g/mol. The van der Waals surface area contributed by atoms with Crippen LogP contribution in [0.2, 0.25) is 0 Å². The number of aryl methyl sites for hydroxylation is 1. The van der Waals surface area contributed by atoms with Gasteiger partial charge in [0.2, 0.25) is 0 Å². The van der Waals surface area contributed by atoms with Crippen LogP contribution in [-0.4, -0.2) is 4.98 Å². The molecule has 13 heavy (non-hydrogen) atoms. The molecule has 1 nitrogen and oxygen atoms in total. The molecule has 70 valence electrons. The van der Waals surface area contributed by atoms with Crippen LogP contribution < -0.4 is 0 Å². The van der Waals surface area contributed by atoms with Crippen molar-refractivity contribution in [2.24, 2.45) is 5.92 Å². The second kappa shape index (κ2) is 3.49. The van der Waals surface area contributed by atoms with Crippen LogP contribution in [0.5, 0.6) is 0 Å². The van der Waals surface area contributed by atoms with Gasteiger partial charge in [0.1, 0.15) is 0 Å². The van der Waals surface area contributed by atoms with Crippen LogP contribution >= 0.6 is 0 Å². The lowest BCUT2D eigenvalue weighted by molar-refractivity contribution is 0.429. The molecule has 0 saturated heterocycles. The summed E-state index contributed by atoms with van der Waals surface area (Å²) in [7, 11) is 0. The van der Waals surface area contributed by atoms with Crippen molar-refractivity contribution in [2.75, 3.05) is 0 Å². The summed E-state index contributed by atoms with van der Waals surface area (Å²) in [5.41, 5.74) is 2.84. The van der Waals surface area contributed by atoms with Crippen molar-refractivity contribution in [3.8, 4) is 0 Å². The number of aromatic nitrogens is 1. The third-order valence-corrected chi connectivity index (χ3v) is 3.06. The van der Waals surface area contributed by atoms with Gasteiger partial charge in [-0.25, -0.2) is 0 Å². The van der Waals surface area contributed by atoms with Crippen molar-refractivity contribution in [1.82, 2.24) is 4.98 Å². The number of hydrogen-bond donors (Lipinski definition) is 0. The molecule has 0 fully saturated rings. The molecule has 1 aliphatic rings. The van der Waals surface area contributed by atoms with E-state index in [-0.39, 0.29) is 0 Å². The fourth-order valence-electron chi connectivity index (χ4n) is 2.33. The Bertz CT molecular complexity index is 291. The molecule has 1 heterocycles. The van der Waals surface area contributed by atoms with E-state index in [9.17, 15) is 0 Å². The van der Waals surface area contributed by atoms with Crippen molar-refractivity contribution in [3.63, 3.8) is 0 Å². The quantitative estimate of drug-likeness (QED) is 0.639. The summed E-state index contributed by atoms with van der Waals surface area (Å²) in [6, 6.07) is 4.33. The van der Waals surface area contributed by atoms with Crippen molar-refractivity contribution in [3.05, 3.63) is 29.6 Å². The first kappa shape index (κ1) is 8.74. The predicted molar refractivity (Wildman–Crippen MR) is 54.8 cm³/mol. The average Bonchev–Trinajstić information content (AvgIpc) is 2.17. The molecule has 1 heteroatoms. The highest BCUT2D eigenvalue weighted by molar-refractivity contribution is 5.27. The molecule has 0 aliphatic heterocycles. The Balaban J connectivity index is 2.37. The maximum absolute atomic E-state index is 4.45. The Labute approximate surface area is 80.2 Å². The second-order valence-electron chi connectivity index (χ2n) is 4.28. The molecule has 0 spiro atoms. The van der Waals surface area contributed by atoms with Gasteiger partial charge in [0, 0.05) is 11.9 Å². The molecule has 0 saturated carbocycles. The fraction of sp³-hybridized carbons (Fsp3) is 0.583. The molecule has 1 aromatic heterocycles. The van der Waals surface area contributed by atoms with E-state index in [2.05, 4.69) is 31.0 Å². The zero-order valence-electron chi connectivity index (χ0n) is 8.46. The molecule has 2 rings (SSSR count). The Morgan fingerprint density at radius 3 is 3.08 bits per heavy atom. The lowest BCUT2D eigenvalue weighted by Gasteiger charge is -2.27. The van der Waals surface area contributed by atoms with Crippen LogP contribution in [-0.2, 0) is 6.42 Å². The predicted octanol–water partition coefficient (Wildman–Crippen LogP) is 3.16. The normalized spacial score (nSPS) is 21.6. The molecule has 0 aromatic carbocycles.